The molecule has 0 amide bonds. The zero-order chi connectivity index (χ0) is 30.7. The quantitative estimate of drug-likeness (QED) is 0.223. The lowest BCUT2D eigenvalue weighted by Crippen LogP contribution is -2.39. The number of carbonyl (C=O) groups excluding carboxylic acids is 1. The Morgan fingerprint density at radius 1 is 1.21 bits per heavy atom. The maximum atomic E-state index is 13.9. The molecule has 2 heterocycles. The van der Waals surface area contributed by atoms with E-state index >= 15 is 0 Å². The fourth-order valence-corrected chi connectivity index (χ4v) is 6.36. The predicted octanol–water partition coefficient (Wildman–Crippen LogP) is 5.67. The van der Waals surface area contributed by atoms with E-state index in [0.717, 1.165) is 10.0 Å². The summed E-state index contributed by atoms with van der Waals surface area (Å²) < 4.78 is 19.7. The molecule has 0 fully saturated rings. The monoisotopic (exact) mass is 677 g/mol. The Morgan fingerprint density at radius 3 is 2.65 bits per heavy atom. The summed E-state index contributed by atoms with van der Waals surface area (Å²) in [7, 11) is 1.50. The summed E-state index contributed by atoms with van der Waals surface area (Å²) in [5, 5.41) is 9.66. The van der Waals surface area contributed by atoms with E-state index in [2.05, 4.69) is 27.0 Å². The molecule has 3 aromatic carbocycles. The van der Waals surface area contributed by atoms with Crippen molar-refractivity contribution in [3.8, 4) is 17.6 Å². The highest BCUT2D eigenvalue weighted by Gasteiger charge is 2.33. The number of methoxy groups -OCH3 is 1. The lowest BCUT2D eigenvalue weighted by Gasteiger charge is -2.24. The lowest BCUT2D eigenvalue weighted by molar-refractivity contribution is -0.139. The molecule has 0 radical (unpaired) electrons. The molecule has 0 aliphatic carbocycles. The highest BCUT2D eigenvalue weighted by Crippen LogP contribution is 2.37. The van der Waals surface area contributed by atoms with Gasteiger partial charge in [0.05, 0.1) is 52.2 Å². The molecule has 0 saturated heterocycles. The second-order valence-corrected chi connectivity index (χ2v) is 11.8. The van der Waals surface area contributed by atoms with E-state index < -0.39 is 12.0 Å². The Kier molecular flexibility index (Phi) is 9.16. The van der Waals surface area contributed by atoms with Gasteiger partial charge in [0.1, 0.15) is 6.61 Å². The van der Waals surface area contributed by atoms with Crippen LogP contribution in [0.3, 0.4) is 0 Å². The number of fused-ring (bicyclic) bond motifs is 1. The van der Waals surface area contributed by atoms with Gasteiger partial charge in [0, 0.05) is 10.0 Å². The van der Waals surface area contributed by atoms with E-state index in [4.69, 9.17) is 25.8 Å². The van der Waals surface area contributed by atoms with Crippen LogP contribution >= 0.6 is 38.9 Å². The minimum Gasteiger partial charge on any atom is -0.493 e. The highest BCUT2D eigenvalue weighted by atomic mass is 79.9. The topological polar surface area (TPSA) is 103 Å². The van der Waals surface area contributed by atoms with E-state index in [0.29, 0.717) is 48.8 Å². The second-order valence-electron chi connectivity index (χ2n) is 9.45. The summed E-state index contributed by atoms with van der Waals surface area (Å²) in [6.45, 7) is 3.79. The molecule has 4 aromatic rings. The van der Waals surface area contributed by atoms with Crippen LogP contribution in [0.5, 0.6) is 11.5 Å². The zero-order valence-electron chi connectivity index (χ0n) is 23.4. The van der Waals surface area contributed by atoms with Crippen LogP contribution in [0.15, 0.2) is 86.2 Å². The van der Waals surface area contributed by atoms with Crippen molar-refractivity contribution in [1.82, 2.24) is 4.57 Å². The molecule has 1 unspecified atom stereocenters. The summed E-state index contributed by atoms with van der Waals surface area (Å²) in [6, 6.07) is 19.4. The van der Waals surface area contributed by atoms with Crippen molar-refractivity contribution in [2.75, 3.05) is 13.7 Å². The Morgan fingerprint density at radius 2 is 1.95 bits per heavy atom. The van der Waals surface area contributed by atoms with E-state index in [9.17, 15) is 14.9 Å². The van der Waals surface area contributed by atoms with E-state index in [1.54, 1.807) is 44.2 Å². The number of ether oxygens (including phenoxy) is 3. The van der Waals surface area contributed by atoms with Gasteiger partial charge < -0.3 is 14.2 Å². The number of halogens is 2. The first-order valence-corrected chi connectivity index (χ1v) is 15.2. The number of thiazole rings is 1. The number of hydrogen-bond donors (Lipinski definition) is 0. The first kappa shape index (κ1) is 30.3. The van der Waals surface area contributed by atoms with Crippen molar-refractivity contribution < 1.29 is 19.0 Å². The third-order valence-electron chi connectivity index (χ3n) is 6.76. The Bertz CT molecular complexity index is 1980. The smallest absolute Gasteiger partial charge is 0.338 e. The van der Waals surface area contributed by atoms with Crippen LogP contribution in [0.1, 0.15) is 42.1 Å². The van der Waals surface area contributed by atoms with Gasteiger partial charge in [0.2, 0.25) is 0 Å². The molecule has 8 nitrogen and oxygen atoms in total. The number of carbonyl (C=O) groups is 1. The van der Waals surface area contributed by atoms with Gasteiger partial charge in [-0.3, -0.25) is 9.36 Å². The maximum absolute atomic E-state index is 13.9. The number of hydrogen-bond acceptors (Lipinski definition) is 8. The van der Waals surface area contributed by atoms with Crippen LogP contribution in [0.2, 0.25) is 5.02 Å². The van der Waals surface area contributed by atoms with Crippen molar-refractivity contribution in [3.05, 3.63) is 123 Å². The van der Waals surface area contributed by atoms with Gasteiger partial charge in [0.25, 0.3) is 5.56 Å². The summed E-state index contributed by atoms with van der Waals surface area (Å²) >= 11 is 11.3. The number of aromatic nitrogens is 1. The van der Waals surface area contributed by atoms with Crippen LogP contribution in [0, 0.1) is 11.3 Å². The minimum absolute atomic E-state index is 0.121. The average Bonchev–Trinajstić information content (AvgIpc) is 3.30. The van der Waals surface area contributed by atoms with Gasteiger partial charge in [-0.25, -0.2) is 9.79 Å². The molecule has 0 N–H and O–H groups in total. The molecule has 1 atom stereocenters. The van der Waals surface area contributed by atoms with Gasteiger partial charge in [-0.15, -0.1) is 0 Å². The van der Waals surface area contributed by atoms with Crippen molar-refractivity contribution in [3.63, 3.8) is 0 Å². The molecule has 43 heavy (non-hydrogen) atoms. The van der Waals surface area contributed by atoms with Crippen molar-refractivity contribution in [2.45, 2.75) is 26.5 Å². The first-order valence-electron chi connectivity index (χ1n) is 13.2. The number of nitrogens with zero attached hydrogens (tertiary/aromatic N) is 3. The molecule has 1 aromatic heterocycles. The lowest BCUT2D eigenvalue weighted by atomic mass is 9.96. The van der Waals surface area contributed by atoms with Crippen LogP contribution in [0.25, 0.3) is 6.08 Å². The van der Waals surface area contributed by atoms with Crippen LogP contribution in [-0.2, 0) is 16.1 Å². The van der Waals surface area contributed by atoms with Crippen molar-refractivity contribution >= 4 is 50.9 Å². The standard InChI is InChI=1S/C32H25BrClN3O5S/c1-4-41-31(39)27-18(2)36-32-37(28(27)20-9-11-23(33)12-10-20)30(38)26(43-32)15-19-13-24(34)29(25(14-19)40-3)42-17-22-8-6-5-7-21(22)16-35/h5-15,28H,4,17H2,1-3H3. The summed E-state index contributed by atoms with van der Waals surface area (Å²) in [6.07, 6.45) is 1.70. The molecule has 0 bridgehead atoms. The third kappa shape index (κ3) is 6.15. The van der Waals surface area contributed by atoms with Crippen molar-refractivity contribution in [2.24, 2.45) is 4.99 Å². The summed E-state index contributed by atoms with van der Waals surface area (Å²) in [4.78, 5) is 32.1. The van der Waals surface area contributed by atoms with Gasteiger partial charge >= 0.3 is 5.97 Å². The molecule has 1 aliphatic rings. The number of benzene rings is 3. The maximum Gasteiger partial charge on any atom is 0.338 e. The SMILES string of the molecule is CCOC(=O)C1=C(C)N=c2sc(=Cc3cc(Cl)c(OCc4ccccc4C#N)c(OC)c3)c(=O)n2C1c1ccc(Br)cc1. The van der Waals surface area contributed by atoms with Crippen LogP contribution in [0.4, 0.5) is 0 Å². The minimum atomic E-state index is -0.712. The largest absolute Gasteiger partial charge is 0.493 e. The van der Waals surface area contributed by atoms with Gasteiger partial charge in [-0.2, -0.15) is 5.26 Å². The van der Waals surface area contributed by atoms with Crippen molar-refractivity contribution in [1.29, 1.82) is 5.26 Å². The van der Waals surface area contributed by atoms with Gasteiger partial charge in [-0.05, 0) is 61.4 Å². The first-order chi connectivity index (χ1) is 20.7. The summed E-state index contributed by atoms with van der Waals surface area (Å²) in [5.74, 6) is 0.171. The Labute approximate surface area is 264 Å². The number of allylic oxidation sites excluding steroid dienone is 1. The molecular weight excluding hydrogens is 654 g/mol. The summed E-state index contributed by atoms with van der Waals surface area (Å²) in [5.41, 5.74) is 3.07. The molecule has 1 aliphatic heterocycles. The fourth-order valence-electron chi connectivity index (χ4n) is 4.77. The van der Waals surface area contributed by atoms with Crippen LogP contribution in [-0.4, -0.2) is 24.3 Å². The van der Waals surface area contributed by atoms with Crippen LogP contribution < -0.4 is 24.4 Å². The van der Waals surface area contributed by atoms with E-state index in [-0.39, 0.29) is 23.8 Å². The normalized spacial score (nSPS) is 14.5. The predicted molar refractivity (Wildman–Crippen MR) is 168 cm³/mol. The van der Waals surface area contributed by atoms with E-state index in [1.807, 2.05) is 36.4 Å². The fraction of sp³-hybridized carbons (Fsp3) is 0.188. The highest BCUT2D eigenvalue weighted by molar-refractivity contribution is 9.10. The number of nitriles is 1. The third-order valence-corrected chi connectivity index (χ3v) is 8.55. The molecule has 11 heteroatoms. The number of esters is 1. The van der Waals surface area contributed by atoms with Gasteiger partial charge in [0.15, 0.2) is 16.3 Å². The zero-order valence-corrected chi connectivity index (χ0v) is 26.5. The average molecular weight is 679 g/mol. The molecule has 5 rings (SSSR count). The second kappa shape index (κ2) is 13.0. The Hall–Kier alpha value is -4.17. The number of rotatable bonds is 8. The van der Waals surface area contributed by atoms with Gasteiger partial charge in [-0.1, -0.05) is 69.2 Å². The molecule has 218 valence electrons. The van der Waals surface area contributed by atoms with E-state index in [1.165, 1.54) is 23.0 Å². The molecule has 0 spiro atoms. The Balaban J connectivity index is 1.57. The molecular formula is C32H25BrClN3O5S. The molecule has 0 saturated carbocycles.